The molecule has 0 spiro atoms. The number of carboxylic acid groups (broad SMARTS) is 4. The van der Waals surface area contributed by atoms with E-state index >= 15 is 8.78 Å². The number of anilines is 1. The number of primary amides is 1. The number of nitrogens with zero attached hydrogens (tertiary/aromatic N) is 4. The molecule has 34 nitrogen and oxygen atoms in total. The van der Waals surface area contributed by atoms with Gasteiger partial charge in [-0.15, -0.1) is 0 Å². The van der Waals surface area contributed by atoms with Gasteiger partial charge in [-0.1, -0.05) is 58.0 Å². The van der Waals surface area contributed by atoms with E-state index in [1.54, 1.807) is 80.6 Å². The summed E-state index contributed by atoms with van der Waals surface area (Å²) < 4.78 is 58.3. The lowest BCUT2D eigenvalue weighted by molar-refractivity contribution is -0.142. The first-order valence-electron chi connectivity index (χ1n) is 37.0. The summed E-state index contributed by atoms with van der Waals surface area (Å²) in [7, 11) is 3.81. The van der Waals surface area contributed by atoms with Crippen LogP contribution >= 0.6 is 0 Å². The molecule has 5 aromatic carbocycles. The molecule has 0 saturated heterocycles. The molecule has 38 heteroatoms. The number of nitrogens with two attached hydrogens (primary N) is 1. The van der Waals surface area contributed by atoms with E-state index < -0.39 is 258 Å². The zero-order chi connectivity index (χ0) is 86.5. The number of carbonyl (C=O) groups excluding carboxylic acids is 12. The Kier molecular flexibility index (Phi) is 35.1. The van der Waals surface area contributed by atoms with E-state index in [9.17, 15) is 106 Å². The van der Waals surface area contributed by atoms with Crippen LogP contribution in [0.15, 0.2) is 125 Å². The summed E-state index contributed by atoms with van der Waals surface area (Å²) in [6, 6.07) is 11.2. The van der Waals surface area contributed by atoms with Crippen molar-refractivity contribution in [2.75, 3.05) is 32.1 Å². The standard InChI is InChI=1S/C79H92F4N14O20/c1-41(2)35-57(89-74(111)59(39-61(84)98)92-76(113)68(42(3)4)93-71(108)54(29-31-63(100)101)86-62(99)16-12-34-97-77(114)66(50-27-19-45(80)37-52(50)82)67(78(97)115)51-28-20-46(81)38-53(51)83)72(109)91-60(40-65(104)105)75(112)87-55(30-32-64(102)103)70(107)90-58(36-43-13-8-7-9-14-43)73(110)88-56(79(116)117)15-10-11-33-85-69(106)44-17-21-47(22-18-44)94-95-48-23-25-49(26-24-48)96(5)6/h7-9,13-14,17-28,37-38,41-42,54-60,68H,10-12,15-16,29-36,39-40H2,1-6H3,(H2,84,98)(H,85,106)(H,86,99)(H,87,112)(H,88,110)(H,89,111)(H,90,107)(H,91,109)(H,92,113)(H,93,108)(H,100,101)(H,102,103)(H,104,105)(H,116,117)/t54-,55-,56-,57-,58-,59-,60-,68-/m0/s1. The third-order valence-corrected chi connectivity index (χ3v) is 18.1. The number of aliphatic carboxylic acids is 4. The first-order chi connectivity index (χ1) is 55.3. The Labute approximate surface area is 668 Å². The number of halogens is 4. The lowest BCUT2D eigenvalue weighted by atomic mass is 9.95. The van der Waals surface area contributed by atoms with E-state index in [1.165, 1.54) is 13.8 Å². The average Bonchev–Trinajstić information content (AvgIpc) is 1.60. The van der Waals surface area contributed by atoms with E-state index in [4.69, 9.17) is 5.73 Å². The highest BCUT2D eigenvalue weighted by Crippen LogP contribution is 2.38. The number of carboxylic acids is 4. The van der Waals surface area contributed by atoms with Crippen molar-refractivity contribution in [1.29, 1.82) is 0 Å². The van der Waals surface area contributed by atoms with Gasteiger partial charge in [-0.2, -0.15) is 10.2 Å². The number of amides is 12. The van der Waals surface area contributed by atoms with Crippen LogP contribution in [-0.4, -0.2) is 196 Å². The van der Waals surface area contributed by atoms with Crippen molar-refractivity contribution >= 4 is 123 Å². The van der Waals surface area contributed by atoms with Crippen LogP contribution in [-0.2, 0) is 78.3 Å². The maximum absolute atomic E-state index is 15.2. The van der Waals surface area contributed by atoms with Crippen molar-refractivity contribution < 1.29 is 115 Å². The van der Waals surface area contributed by atoms with Gasteiger partial charge >= 0.3 is 23.9 Å². The lowest BCUT2D eigenvalue weighted by Crippen LogP contribution is -2.61. The number of nitrogens with one attached hydrogen (secondary N) is 9. The predicted molar refractivity (Wildman–Crippen MR) is 410 cm³/mol. The monoisotopic (exact) mass is 1630 g/mol. The molecule has 5 aromatic rings. The molecule has 0 fully saturated rings. The Morgan fingerprint density at radius 1 is 0.479 bits per heavy atom. The van der Waals surface area contributed by atoms with E-state index in [-0.39, 0.29) is 38.6 Å². The van der Waals surface area contributed by atoms with Crippen LogP contribution in [0.1, 0.15) is 132 Å². The van der Waals surface area contributed by atoms with Crippen molar-refractivity contribution in [2.24, 2.45) is 27.8 Å². The molecule has 626 valence electrons. The third kappa shape index (κ3) is 28.9. The summed E-state index contributed by atoms with van der Waals surface area (Å²) in [4.78, 5) is 218. The molecule has 0 saturated carbocycles. The molecule has 8 atom stereocenters. The van der Waals surface area contributed by atoms with Gasteiger partial charge in [-0.3, -0.25) is 76.8 Å². The van der Waals surface area contributed by atoms with Gasteiger partial charge in [0.25, 0.3) is 17.7 Å². The number of hydrogen-bond acceptors (Lipinski definition) is 19. The second-order valence-electron chi connectivity index (χ2n) is 28.3. The van der Waals surface area contributed by atoms with Crippen LogP contribution < -0.4 is 58.5 Å². The third-order valence-electron chi connectivity index (χ3n) is 18.1. The Bertz CT molecular complexity index is 4500. The van der Waals surface area contributed by atoms with Crippen LogP contribution in [0.3, 0.4) is 0 Å². The highest BCUT2D eigenvalue weighted by Gasteiger charge is 2.43. The zero-order valence-electron chi connectivity index (χ0n) is 64.5. The van der Waals surface area contributed by atoms with Crippen molar-refractivity contribution in [2.45, 2.75) is 160 Å². The number of carbonyl (C=O) groups is 16. The van der Waals surface area contributed by atoms with Gasteiger partial charge in [-0.05, 0) is 135 Å². The van der Waals surface area contributed by atoms with Gasteiger partial charge in [0.2, 0.25) is 53.2 Å². The summed E-state index contributed by atoms with van der Waals surface area (Å²) in [6.07, 6.45) is -6.60. The fourth-order valence-electron chi connectivity index (χ4n) is 12.0. The van der Waals surface area contributed by atoms with Crippen molar-refractivity contribution in [3.63, 3.8) is 0 Å². The molecule has 0 aliphatic carbocycles. The summed E-state index contributed by atoms with van der Waals surface area (Å²) >= 11 is 0. The second kappa shape index (κ2) is 44.4. The number of azo groups is 1. The fourth-order valence-corrected chi connectivity index (χ4v) is 12.0. The van der Waals surface area contributed by atoms with Gasteiger partial charge in [0.1, 0.15) is 71.6 Å². The number of unbranched alkanes of at least 4 members (excludes halogenated alkanes) is 1. The van der Waals surface area contributed by atoms with Crippen molar-refractivity contribution in [3.8, 4) is 0 Å². The van der Waals surface area contributed by atoms with E-state index in [0.29, 0.717) is 39.5 Å². The molecule has 1 aliphatic rings. The topological polar surface area (TPSA) is 520 Å². The smallest absolute Gasteiger partial charge is 0.326 e. The molecular formula is C79H92F4N14O20. The summed E-state index contributed by atoms with van der Waals surface area (Å²) in [5.41, 5.74) is 5.66. The first kappa shape index (κ1) is 92.5. The zero-order valence-corrected chi connectivity index (χ0v) is 64.5. The number of imide groups is 1. The molecule has 0 radical (unpaired) electrons. The summed E-state index contributed by atoms with van der Waals surface area (Å²) in [5.74, 6) is -26.1. The highest BCUT2D eigenvalue weighted by molar-refractivity contribution is 6.49. The maximum Gasteiger partial charge on any atom is 0.326 e. The number of hydrogen-bond donors (Lipinski definition) is 14. The average molecular weight is 1630 g/mol. The van der Waals surface area contributed by atoms with E-state index in [2.05, 4.69) is 58.1 Å². The van der Waals surface area contributed by atoms with Gasteiger partial charge < -0.3 is 78.9 Å². The minimum atomic E-state index is -2.14. The lowest BCUT2D eigenvalue weighted by Gasteiger charge is -2.29. The molecule has 0 bridgehead atoms. The summed E-state index contributed by atoms with van der Waals surface area (Å²) in [5, 5.41) is 69.3. The SMILES string of the molecule is CC(C)C[C@H](NC(=O)[C@H](CC(N)=O)NC(=O)[C@@H](NC(=O)[C@H](CCC(=O)O)NC(=O)CCCN1C(=O)C(c2ccc(F)cc2F)=C(c2ccc(F)cc2F)C1=O)C(C)C)C(=O)N[C@@H](CC(=O)O)C(=O)N[C@@H](CCC(=O)O)C(=O)N[C@@H](Cc1ccccc1)C(=O)N[C@@H](CCCCNC(=O)c1ccc(N=Nc2ccc(N(C)C)cc2)cc1)C(=O)O. The van der Waals surface area contributed by atoms with Gasteiger partial charge in [0.15, 0.2) is 0 Å². The Morgan fingerprint density at radius 2 is 0.940 bits per heavy atom. The predicted octanol–water partition coefficient (Wildman–Crippen LogP) is 4.37. The molecule has 0 aromatic heterocycles. The minimum Gasteiger partial charge on any atom is -0.481 e. The number of rotatable bonds is 46. The largest absolute Gasteiger partial charge is 0.481 e. The van der Waals surface area contributed by atoms with Crippen LogP contribution in [0.25, 0.3) is 11.1 Å². The van der Waals surface area contributed by atoms with E-state index in [1.807, 2.05) is 31.1 Å². The Balaban J connectivity index is 1.09. The molecule has 6 rings (SSSR count). The van der Waals surface area contributed by atoms with Crippen LogP contribution in [0, 0.1) is 35.1 Å². The van der Waals surface area contributed by atoms with E-state index in [0.717, 1.165) is 30.0 Å². The highest BCUT2D eigenvalue weighted by atomic mass is 19.1. The second-order valence-corrected chi connectivity index (χ2v) is 28.3. The molecule has 1 heterocycles. The van der Waals surface area contributed by atoms with Gasteiger partial charge in [0, 0.05) is 87.4 Å². The molecule has 15 N–H and O–H groups in total. The Morgan fingerprint density at radius 3 is 1.44 bits per heavy atom. The Hall–Kier alpha value is -13.3. The van der Waals surface area contributed by atoms with Crippen LogP contribution in [0.2, 0.25) is 0 Å². The molecule has 0 unspecified atom stereocenters. The van der Waals surface area contributed by atoms with Crippen molar-refractivity contribution in [3.05, 3.63) is 161 Å². The minimum absolute atomic E-state index is 0.0963. The molecule has 1 aliphatic heterocycles. The fraction of sp³-hybridized carbons (Fsp3) is 0.392. The molecule has 117 heavy (non-hydrogen) atoms. The van der Waals surface area contributed by atoms with Crippen LogP contribution in [0.4, 0.5) is 34.6 Å². The van der Waals surface area contributed by atoms with Crippen molar-refractivity contribution in [1.82, 2.24) is 52.8 Å². The van der Waals surface area contributed by atoms with Gasteiger partial charge in [0.05, 0.1) is 35.4 Å². The van der Waals surface area contributed by atoms with Gasteiger partial charge in [-0.25, -0.2) is 22.4 Å². The van der Waals surface area contributed by atoms with Crippen LogP contribution in [0.5, 0.6) is 0 Å². The first-order valence-corrected chi connectivity index (χ1v) is 37.0. The number of benzene rings is 5. The quantitative estimate of drug-likeness (QED) is 0.0111. The summed E-state index contributed by atoms with van der Waals surface area (Å²) in [6.45, 7) is 5.41. The maximum atomic E-state index is 15.2. The molecule has 12 amide bonds. The molecular weight excluding hydrogens is 1540 g/mol. The normalized spacial score (nSPS) is 14.0.